The van der Waals surface area contributed by atoms with Gasteiger partial charge >= 0.3 is 0 Å². The number of rotatable bonds is 10. The Labute approximate surface area is 196 Å². The zero-order valence-corrected chi connectivity index (χ0v) is 19.6. The summed E-state index contributed by atoms with van der Waals surface area (Å²) in [4.78, 5) is 15.2. The summed E-state index contributed by atoms with van der Waals surface area (Å²) in [5.41, 5.74) is 3.54. The lowest BCUT2D eigenvalue weighted by atomic mass is 10.0. The first-order valence-electron chi connectivity index (χ1n) is 11.4. The fourth-order valence-corrected chi connectivity index (χ4v) is 3.79. The van der Waals surface area contributed by atoms with Crippen LogP contribution in [0.5, 0.6) is 11.5 Å². The minimum absolute atomic E-state index is 0.0625. The lowest BCUT2D eigenvalue weighted by molar-refractivity contribution is 0.0929. The molecule has 1 aliphatic carbocycles. The van der Waals surface area contributed by atoms with Crippen molar-refractivity contribution in [2.24, 2.45) is 0 Å². The minimum atomic E-state index is -0.302. The molecule has 1 aliphatic rings. The van der Waals surface area contributed by atoms with Crippen molar-refractivity contribution < 1.29 is 14.3 Å². The number of carbonyl (C=O) groups excluding carboxylic acids is 1. The monoisotopic (exact) mass is 444 g/mol. The van der Waals surface area contributed by atoms with Crippen LogP contribution in [-0.4, -0.2) is 38.1 Å². The van der Waals surface area contributed by atoms with Crippen molar-refractivity contribution in [3.05, 3.63) is 95.1 Å². The number of nitrogens with zero attached hydrogens (tertiary/aromatic N) is 1. The summed E-state index contributed by atoms with van der Waals surface area (Å²) < 4.78 is 11.7. The van der Waals surface area contributed by atoms with Gasteiger partial charge < -0.3 is 19.7 Å². The van der Waals surface area contributed by atoms with Crippen molar-refractivity contribution in [2.45, 2.75) is 31.9 Å². The maximum atomic E-state index is 13.2. The molecule has 0 bridgehead atoms. The van der Waals surface area contributed by atoms with Crippen LogP contribution in [0.25, 0.3) is 0 Å². The largest absolute Gasteiger partial charge is 0.492 e. The van der Waals surface area contributed by atoms with Crippen LogP contribution in [0.3, 0.4) is 0 Å². The fourth-order valence-electron chi connectivity index (χ4n) is 3.79. The molecule has 0 aromatic heterocycles. The van der Waals surface area contributed by atoms with Gasteiger partial charge in [-0.1, -0.05) is 48.5 Å². The third-order valence-electron chi connectivity index (χ3n) is 6.02. The molecule has 1 N–H and O–H groups in total. The average Bonchev–Trinajstić information content (AvgIpc) is 3.60. The molecular weight excluding hydrogens is 412 g/mol. The lowest BCUT2D eigenvalue weighted by Gasteiger charge is -2.20. The molecule has 0 radical (unpaired) electrons. The van der Waals surface area contributed by atoms with E-state index in [4.69, 9.17) is 9.47 Å². The summed E-state index contributed by atoms with van der Waals surface area (Å²) >= 11 is 0. The second-order valence-corrected chi connectivity index (χ2v) is 8.96. The van der Waals surface area contributed by atoms with Crippen molar-refractivity contribution >= 4 is 5.91 Å². The first-order valence-corrected chi connectivity index (χ1v) is 11.4. The van der Waals surface area contributed by atoms with E-state index < -0.39 is 0 Å². The van der Waals surface area contributed by atoms with Gasteiger partial charge in [0.05, 0.1) is 5.54 Å². The molecule has 1 fully saturated rings. The van der Waals surface area contributed by atoms with E-state index in [1.807, 2.05) is 81.7 Å². The van der Waals surface area contributed by atoms with Gasteiger partial charge in [-0.05, 0) is 74.8 Å². The summed E-state index contributed by atoms with van der Waals surface area (Å²) in [6.45, 7) is 3.90. The molecule has 0 aliphatic heterocycles. The number of likely N-dealkylation sites (N-methyl/N-ethyl adjacent to an activating group) is 1. The normalized spacial score (nSPS) is 14.1. The van der Waals surface area contributed by atoms with E-state index in [0.717, 1.165) is 47.6 Å². The Bertz CT molecular complexity index is 1070. The minimum Gasteiger partial charge on any atom is -0.492 e. The lowest BCUT2D eigenvalue weighted by Crippen LogP contribution is -2.35. The zero-order valence-electron chi connectivity index (χ0n) is 19.6. The van der Waals surface area contributed by atoms with Gasteiger partial charge in [0.15, 0.2) is 0 Å². The molecule has 0 unspecified atom stereocenters. The fraction of sp³-hybridized carbons (Fsp3) is 0.321. The van der Waals surface area contributed by atoms with E-state index >= 15 is 0 Å². The van der Waals surface area contributed by atoms with Crippen LogP contribution >= 0.6 is 0 Å². The summed E-state index contributed by atoms with van der Waals surface area (Å²) in [6, 6.07) is 23.9. The Morgan fingerprint density at radius 2 is 1.64 bits per heavy atom. The van der Waals surface area contributed by atoms with Crippen LogP contribution in [0.1, 0.15) is 39.9 Å². The SMILES string of the molecule is Cc1ccc(OCCN(C)C)cc1C(=O)NC1(c2ccc(OCc3ccccc3)cc2)CC1. The number of nitrogens with one attached hydrogen (secondary N) is 1. The van der Waals surface area contributed by atoms with Crippen LogP contribution < -0.4 is 14.8 Å². The molecule has 0 saturated heterocycles. The van der Waals surface area contributed by atoms with E-state index in [-0.39, 0.29) is 11.4 Å². The Hall–Kier alpha value is -3.31. The molecule has 0 heterocycles. The van der Waals surface area contributed by atoms with Crippen LogP contribution in [0, 0.1) is 6.92 Å². The van der Waals surface area contributed by atoms with E-state index in [1.54, 1.807) is 0 Å². The van der Waals surface area contributed by atoms with Crippen molar-refractivity contribution in [1.29, 1.82) is 0 Å². The molecule has 5 heteroatoms. The van der Waals surface area contributed by atoms with Crippen LogP contribution in [0.2, 0.25) is 0 Å². The molecule has 5 nitrogen and oxygen atoms in total. The van der Waals surface area contributed by atoms with Gasteiger partial charge in [0, 0.05) is 12.1 Å². The number of hydrogen-bond donors (Lipinski definition) is 1. The Kier molecular flexibility index (Phi) is 6.99. The molecule has 3 aromatic carbocycles. The molecule has 0 atom stereocenters. The van der Waals surface area contributed by atoms with Crippen LogP contribution in [0.15, 0.2) is 72.8 Å². The molecule has 1 amide bonds. The van der Waals surface area contributed by atoms with Crippen molar-refractivity contribution in [3.8, 4) is 11.5 Å². The van der Waals surface area contributed by atoms with Gasteiger partial charge in [-0.3, -0.25) is 4.79 Å². The summed E-state index contributed by atoms with van der Waals surface area (Å²) in [5, 5.41) is 3.28. The predicted octanol–water partition coefficient (Wildman–Crippen LogP) is 4.93. The first-order chi connectivity index (χ1) is 15.9. The smallest absolute Gasteiger partial charge is 0.252 e. The van der Waals surface area contributed by atoms with E-state index in [2.05, 4.69) is 22.3 Å². The van der Waals surface area contributed by atoms with Gasteiger partial charge in [0.25, 0.3) is 5.91 Å². The first kappa shape index (κ1) is 22.9. The second-order valence-electron chi connectivity index (χ2n) is 8.96. The zero-order chi connectivity index (χ0) is 23.3. The molecular formula is C28H32N2O3. The number of carbonyl (C=O) groups is 1. The molecule has 4 rings (SSSR count). The maximum absolute atomic E-state index is 13.2. The van der Waals surface area contributed by atoms with Crippen molar-refractivity contribution in [2.75, 3.05) is 27.2 Å². The van der Waals surface area contributed by atoms with Gasteiger partial charge in [-0.2, -0.15) is 0 Å². The molecule has 172 valence electrons. The third-order valence-corrected chi connectivity index (χ3v) is 6.02. The van der Waals surface area contributed by atoms with E-state index in [0.29, 0.717) is 18.8 Å². The average molecular weight is 445 g/mol. The van der Waals surface area contributed by atoms with Gasteiger partial charge in [0.1, 0.15) is 24.7 Å². The van der Waals surface area contributed by atoms with Gasteiger partial charge in [-0.25, -0.2) is 0 Å². The van der Waals surface area contributed by atoms with Crippen molar-refractivity contribution in [1.82, 2.24) is 10.2 Å². The predicted molar refractivity (Wildman–Crippen MR) is 131 cm³/mol. The highest BCUT2D eigenvalue weighted by Crippen LogP contribution is 2.46. The second kappa shape index (κ2) is 10.1. The summed E-state index contributed by atoms with van der Waals surface area (Å²) in [6.07, 6.45) is 1.86. The van der Waals surface area contributed by atoms with Crippen LogP contribution in [-0.2, 0) is 12.1 Å². The quantitative estimate of drug-likeness (QED) is 0.482. The topological polar surface area (TPSA) is 50.8 Å². The molecule has 3 aromatic rings. The van der Waals surface area contributed by atoms with E-state index in [9.17, 15) is 4.79 Å². The number of ether oxygens (including phenoxy) is 2. The highest BCUT2D eigenvalue weighted by atomic mass is 16.5. The number of hydrogen-bond acceptors (Lipinski definition) is 4. The molecule has 0 spiro atoms. The highest BCUT2D eigenvalue weighted by molar-refractivity contribution is 5.96. The standard InChI is InChI=1S/C28H32N2O3/c1-21-9-12-25(32-18-17-30(2)3)19-26(21)27(31)29-28(15-16-28)23-10-13-24(14-11-23)33-20-22-7-5-4-6-8-22/h4-14,19H,15-18,20H2,1-3H3,(H,29,31). The number of benzene rings is 3. The summed E-state index contributed by atoms with van der Waals surface area (Å²) in [7, 11) is 4.02. The molecule has 1 saturated carbocycles. The van der Waals surface area contributed by atoms with E-state index in [1.165, 1.54) is 0 Å². The van der Waals surface area contributed by atoms with Gasteiger partial charge in [0.2, 0.25) is 0 Å². The Morgan fingerprint density at radius 1 is 0.939 bits per heavy atom. The molecule has 33 heavy (non-hydrogen) atoms. The number of amides is 1. The highest BCUT2D eigenvalue weighted by Gasteiger charge is 2.45. The Balaban J connectivity index is 1.39. The Morgan fingerprint density at radius 3 is 2.30 bits per heavy atom. The third kappa shape index (κ3) is 5.93. The number of aryl methyl sites for hydroxylation is 1. The summed E-state index contributed by atoms with van der Waals surface area (Å²) in [5.74, 6) is 1.48. The van der Waals surface area contributed by atoms with Crippen LogP contribution in [0.4, 0.5) is 0 Å². The van der Waals surface area contributed by atoms with Crippen molar-refractivity contribution in [3.63, 3.8) is 0 Å². The maximum Gasteiger partial charge on any atom is 0.252 e. The van der Waals surface area contributed by atoms with Gasteiger partial charge in [-0.15, -0.1) is 0 Å².